The molecule has 43 heavy (non-hydrogen) atoms. The molecule has 1 saturated carbocycles. The molecule has 1 aliphatic carbocycles. The second-order valence-corrected chi connectivity index (χ2v) is 10.4. The Balaban J connectivity index is 1.52. The number of nitrogens with one attached hydrogen (secondary N) is 4. The van der Waals surface area contributed by atoms with Gasteiger partial charge in [-0.1, -0.05) is 36.4 Å². The van der Waals surface area contributed by atoms with Crippen LogP contribution in [-0.2, 0) is 0 Å². The molecule has 3 aromatic rings. The maximum absolute atomic E-state index is 13.9. The molecule has 0 unspecified atom stereocenters. The van der Waals surface area contributed by atoms with Gasteiger partial charge in [-0.3, -0.25) is 9.99 Å². The Morgan fingerprint density at radius 1 is 1.21 bits per heavy atom. The minimum atomic E-state index is -4.45. The van der Waals surface area contributed by atoms with Crippen molar-refractivity contribution in [2.45, 2.75) is 38.0 Å². The van der Waals surface area contributed by atoms with Crippen molar-refractivity contribution in [3.8, 4) is 6.07 Å². The minimum Gasteiger partial charge on any atom is -0.373 e. The van der Waals surface area contributed by atoms with E-state index in [4.69, 9.17) is 11.6 Å². The number of alkyl halides is 3. The van der Waals surface area contributed by atoms with Crippen LogP contribution in [0.4, 0.5) is 39.0 Å². The molecule has 2 aromatic heterocycles. The van der Waals surface area contributed by atoms with E-state index in [2.05, 4.69) is 38.1 Å². The SMILES string of the molecule is C=C(/C=C\C=C(/C)C(F)(F)F)[C@H](Nc1cc(Cl)c2ncc(C#N)c(Nc3cnc(F)c(F)c3)c2c1)C1=CN(C2CC2)NN1. The number of allylic oxidation sites excluding steroid dienone is 3. The van der Waals surface area contributed by atoms with Gasteiger partial charge in [-0.2, -0.15) is 22.8 Å². The molecule has 1 aliphatic heterocycles. The number of fused-ring (bicyclic) bond motifs is 1. The Hall–Kier alpha value is -4.67. The molecule has 0 amide bonds. The van der Waals surface area contributed by atoms with Crippen LogP contribution in [0.2, 0.25) is 5.02 Å². The second kappa shape index (κ2) is 11.9. The highest BCUT2D eigenvalue weighted by atomic mass is 35.5. The lowest BCUT2D eigenvalue weighted by molar-refractivity contribution is -0.0913. The van der Waals surface area contributed by atoms with Crippen molar-refractivity contribution < 1.29 is 22.0 Å². The van der Waals surface area contributed by atoms with E-state index < -0.39 is 29.6 Å². The maximum Gasteiger partial charge on any atom is 0.412 e. The number of benzene rings is 1. The van der Waals surface area contributed by atoms with E-state index in [0.29, 0.717) is 33.9 Å². The van der Waals surface area contributed by atoms with E-state index in [1.165, 1.54) is 18.3 Å². The molecule has 1 atom stereocenters. The number of aromatic nitrogens is 2. The van der Waals surface area contributed by atoms with Gasteiger partial charge in [-0.15, -0.1) is 5.53 Å². The van der Waals surface area contributed by atoms with Crippen LogP contribution >= 0.6 is 11.6 Å². The summed E-state index contributed by atoms with van der Waals surface area (Å²) >= 11 is 6.60. The van der Waals surface area contributed by atoms with Gasteiger partial charge in [-0.05, 0) is 37.5 Å². The summed E-state index contributed by atoms with van der Waals surface area (Å²) in [6.45, 7) is 5.06. The van der Waals surface area contributed by atoms with E-state index in [-0.39, 0.29) is 22.0 Å². The van der Waals surface area contributed by atoms with Gasteiger partial charge in [0.1, 0.15) is 6.07 Å². The van der Waals surface area contributed by atoms with Crippen molar-refractivity contribution in [1.82, 2.24) is 25.9 Å². The fraction of sp³-hybridized carbons (Fsp3) is 0.207. The first-order valence-electron chi connectivity index (χ1n) is 12.9. The molecule has 14 heteroatoms. The van der Waals surface area contributed by atoms with E-state index in [1.54, 1.807) is 12.1 Å². The van der Waals surface area contributed by atoms with Gasteiger partial charge in [0.25, 0.3) is 0 Å². The normalized spacial score (nSPS) is 16.2. The van der Waals surface area contributed by atoms with Gasteiger partial charge in [0, 0.05) is 41.2 Å². The van der Waals surface area contributed by atoms with E-state index in [1.807, 2.05) is 17.3 Å². The Morgan fingerprint density at radius 2 is 1.98 bits per heavy atom. The third kappa shape index (κ3) is 6.71. The van der Waals surface area contributed by atoms with Crippen LogP contribution in [0.5, 0.6) is 0 Å². The standard InChI is InChI=1S/C29H24ClF5N8/c1-15(4-3-5-16(2)29(33,34)35)25(24-14-43(42-41-24)20-6-7-20)39-18-8-21-26(40-19-10-23(31)28(32)38-13-19)17(11-36)12-37-27(21)22(30)9-18/h3-5,8-10,12-14,20,25,39,41-42H,1,6-7H2,2H3,(H,37,40)/b4-3-,16-5+/t25-/m0/s1. The zero-order valence-corrected chi connectivity index (χ0v) is 23.3. The van der Waals surface area contributed by atoms with Crippen LogP contribution in [0.1, 0.15) is 25.3 Å². The molecule has 222 valence electrons. The average molecular weight is 615 g/mol. The molecule has 1 aromatic carbocycles. The number of pyridine rings is 2. The van der Waals surface area contributed by atoms with Crippen LogP contribution in [0, 0.1) is 23.1 Å². The Labute approximate surface area is 248 Å². The smallest absolute Gasteiger partial charge is 0.373 e. The van der Waals surface area contributed by atoms with E-state index in [0.717, 1.165) is 38.1 Å². The predicted octanol–water partition coefficient (Wildman–Crippen LogP) is 6.91. The van der Waals surface area contributed by atoms with Gasteiger partial charge in [0.2, 0.25) is 5.95 Å². The predicted molar refractivity (Wildman–Crippen MR) is 154 cm³/mol. The van der Waals surface area contributed by atoms with Crippen molar-refractivity contribution in [3.63, 3.8) is 0 Å². The lowest BCUT2D eigenvalue weighted by atomic mass is 10.0. The monoisotopic (exact) mass is 614 g/mol. The molecule has 8 nitrogen and oxygen atoms in total. The van der Waals surface area contributed by atoms with Crippen LogP contribution in [0.3, 0.4) is 0 Å². The van der Waals surface area contributed by atoms with Crippen LogP contribution < -0.4 is 21.6 Å². The van der Waals surface area contributed by atoms with Crippen molar-refractivity contribution in [2.75, 3.05) is 10.6 Å². The molecule has 5 rings (SSSR count). The first kappa shape index (κ1) is 29.8. The summed E-state index contributed by atoms with van der Waals surface area (Å²) < 4.78 is 66.2. The molecule has 4 N–H and O–H groups in total. The summed E-state index contributed by atoms with van der Waals surface area (Å²) in [6, 6.07) is 5.85. The quantitative estimate of drug-likeness (QED) is 0.117. The fourth-order valence-electron chi connectivity index (χ4n) is 4.28. The Kier molecular flexibility index (Phi) is 8.25. The van der Waals surface area contributed by atoms with Gasteiger partial charge < -0.3 is 16.1 Å². The molecule has 0 saturated heterocycles. The lowest BCUT2D eigenvalue weighted by Gasteiger charge is -2.22. The Bertz CT molecular complexity index is 1720. The van der Waals surface area contributed by atoms with Crippen LogP contribution in [0.25, 0.3) is 10.9 Å². The number of nitriles is 1. The number of anilines is 3. The van der Waals surface area contributed by atoms with Gasteiger partial charge in [-0.25, -0.2) is 9.37 Å². The van der Waals surface area contributed by atoms with Crippen LogP contribution in [0.15, 0.2) is 78.4 Å². The lowest BCUT2D eigenvalue weighted by Crippen LogP contribution is -2.40. The highest BCUT2D eigenvalue weighted by Gasteiger charge is 2.32. The Morgan fingerprint density at radius 3 is 2.65 bits per heavy atom. The molecule has 0 spiro atoms. The summed E-state index contributed by atoms with van der Waals surface area (Å²) in [5, 5.41) is 18.5. The van der Waals surface area contributed by atoms with Gasteiger partial charge >= 0.3 is 6.18 Å². The van der Waals surface area contributed by atoms with Crippen molar-refractivity contribution in [3.05, 3.63) is 101 Å². The minimum absolute atomic E-state index is 0.0857. The number of nitrogens with zero attached hydrogens (tertiary/aromatic N) is 4. The fourth-order valence-corrected chi connectivity index (χ4v) is 4.55. The third-order valence-corrected chi connectivity index (χ3v) is 7.04. The highest BCUT2D eigenvalue weighted by molar-refractivity contribution is 6.36. The van der Waals surface area contributed by atoms with Crippen molar-refractivity contribution in [2.24, 2.45) is 0 Å². The summed E-state index contributed by atoms with van der Waals surface area (Å²) in [6.07, 6.45) is 5.50. The summed E-state index contributed by atoms with van der Waals surface area (Å²) in [7, 11) is 0. The number of hydrazine groups is 2. The molecular formula is C29H24ClF5N8. The molecule has 3 heterocycles. The molecule has 1 fully saturated rings. The number of halogens is 6. The van der Waals surface area contributed by atoms with E-state index >= 15 is 0 Å². The third-order valence-electron chi connectivity index (χ3n) is 6.76. The first-order valence-corrected chi connectivity index (χ1v) is 13.3. The summed E-state index contributed by atoms with van der Waals surface area (Å²) in [5.74, 6) is -2.45. The molecule has 2 aliphatic rings. The number of rotatable bonds is 9. The topological polar surface area (TPSA) is 101 Å². The van der Waals surface area contributed by atoms with Crippen molar-refractivity contribution in [1.29, 1.82) is 5.26 Å². The summed E-state index contributed by atoms with van der Waals surface area (Å²) in [5.41, 5.74) is 7.65. The van der Waals surface area contributed by atoms with E-state index in [9.17, 15) is 27.2 Å². The summed E-state index contributed by atoms with van der Waals surface area (Å²) in [4.78, 5) is 7.67. The van der Waals surface area contributed by atoms with Gasteiger partial charge in [0.05, 0.1) is 45.4 Å². The zero-order chi connectivity index (χ0) is 30.9. The number of hydrogen-bond donors (Lipinski definition) is 4. The second-order valence-electron chi connectivity index (χ2n) is 9.95. The molecule has 0 bridgehead atoms. The zero-order valence-electron chi connectivity index (χ0n) is 22.5. The highest BCUT2D eigenvalue weighted by Crippen LogP contribution is 2.36. The molecular weight excluding hydrogens is 591 g/mol. The average Bonchev–Trinajstić information content (AvgIpc) is 3.70. The maximum atomic E-state index is 13.9. The largest absolute Gasteiger partial charge is 0.412 e. The van der Waals surface area contributed by atoms with Gasteiger partial charge in [0.15, 0.2) is 5.82 Å². The number of hydrogen-bond acceptors (Lipinski definition) is 8. The van der Waals surface area contributed by atoms with Crippen molar-refractivity contribution >= 4 is 39.6 Å². The molecule has 0 radical (unpaired) electrons. The van der Waals surface area contributed by atoms with Crippen LogP contribution in [-0.4, -0.2) is 33.2 Å². The first-order chi connectivity index (χ1) is 20.4.